The van der Waals surface area contributed by atoms with E-state index >= 15 is 0 Å². The summed E-state index contributed by atoms with van der Waals surface area (Å²) in [5.74, 6) is 0.221. The summed E-state index contributed by atoms with van der Waals surface area (Å²) in [6.07, 6.45) is 3.03. The van der Waals surface area contributed by atoms with Crippen molar-refractivity contribution in [1.82, 2.24) is 14.1 Å². The molecule has 0 spiro atoms. The summed E-state index contributed by atoms with van der Waals surface area (Å²) < 4.78 is 28.1. The third-order valence-electron chi connectivity index (χ3n) is 3.66. The SMILES string of the molecule is C=CCN(CC=C)S(=O)(=O)c1ccc(C(=O)Nc2cc(C)nn2C)cc1. The van der Waals surface area contributed by atoms with Gasteiger partial charge in [0.15, 0.2) is 0 Å². The Labute approximate surface area is 153 Å². The van der Waals surface area contributed by atoms with Crippen molar-refractivity contribution in [3.8, 4) is 0 Å². The van der Waals surface area contributed by atoms with Gasteiger partial charge in [-0.25, -0.2) is 8.42 Å². The topological polar surface area (TPSA) is 84.3 Å². The summed E-state index contributed by atoms with van der Waals surface area (Å²) in [4.78, 5) is 12.4. The highest BCUT2D eigenvalue weighted by atomic mass is 32.2. The van der Waals surface area contributed by atoms with Crippen molar-refractivity contribution in [3.63, 3.8) is 0 Å². The van der Waals surface area contributed by atoms with Crippen LogP contribution in [-0.4, -0.2) is 41.5 Å². The van der Waals surface area contributed by atoms with Crippen LogP contribution in [0.4, 0.5) is 5.82 Å². The molecule has 2 aromatic rings. The Hall–Kier alpha value is -2.71. The van der Waals surface area contributed by atoms with Gasteiger partial charge >= 0.3 is 0 Å². The van der Waals surface area contributed by atoms with Crippen molar-refractivity contribution in [2.75, 3.05) is 18.4 Å². The maximum Gasteiger partial charge on any atom is 0.256 e. The van der Waals surface area contributed by atoms with E-state index in [2.05, 4.69) is 23.6 Å². The van der Waals surface area contributed by atoms with Gasteiger partial charge in [0.25, 0.3) is 5.91 Å². The average molecular weight is 374 g/mol. The van der Waals surface area contributed by atoms with Crippen molar-refractivity contribution >= 4 is 21.7 Å². The number of hydrogen-bond donors (Lipinski definition) is 1. The lowest BCUT2D eigenvalue weighted by molar-refractivity contribution is 0.102. The molecular weight excluding hydrogens is 352 g/mol. The lowest BCUT2D eigenvalue weighted by atomic mass is 10.2. The molecule has 1 aromatic heterocycles. The van der Waals surface area contributed by atoms with Crippen LogP contribution in [0.1, 0.15) is 16.1 Å². The molecule has 0 aliphatic carbocycles. The number of amides is 1. The van der Waals surface area contributed by atoms with Gasteiger partial charge in [-0.15, -0.1) is 13.2 Å². The average Bonchev–Trinajstić information content (AvgIpc) is 2.92. The molecule has 7 nitrogen and oxygen atoms in total. The van der Waals surface area contributed by atoms with E-state index in [1.54, 1.807) is 17.8 Å². The maximum atomic E-state index is 12.7. The zero-order chi connectivity index (χ0) is 19.3. The number of anilines is 1. The minimum absolute atomic E-state index is 0.106. The van der Waals surface area contributed by atoms with E-state index in [1.165, 1.54) is 40.7 Å². The zero-order valence-corrected chi connectivity index (χ0v) is 15.7. The molecule has 0 bridgehead atoms. The predicted octanol–water partition coefficient (Wildman–Crippen LogP) is 2.34. The Morgan fingerprint density at radius 1 is 1.23 bits per heavy atom. The molecule has 8 heteroatoms. The van der Waals surface area contributed by atoms with E-state index < -0.39 is 10.0 Å². The number of sulfonamides is 1. The molecule has 1 amide bonds. The number of carbonyl (C=O) groups is 1. The smallest absolute Gasteiger partial charge is 0.256 e. The minimum Gasteiger partial charge on any atom is -0.307 e. The molecular formula is C18H22N4O3S. The minimum atomic E-state index is -3.69. The molecule has 0 atom stereocenters. The highest BCUT2D eigenvalue weighted by Gasteiger charge is 2.22. The summed E-state index contributed by atoms with van der Waals surface area (Å²) in [6.45, 7) is 9.33. The van der Waals surface area contributed by atoms with Gasteiger partial charge in [0.05, 0.1) is 10.6 Å². The highest BCUT2D eigenvalue weighted by molar-refractivity contribution is 7.89. The number of nitrogens with one attached hydrogen (secondary N) is 1. The van der Waals surface area contributed by atoms with E-state index in [0.29, 0.717) is 11.4 Å². The van der Waals surface area contributed by atoms with Gasteiger partial charge in [-0.2, -0.15) is 9.40 Å². The van der Waals surface area contributed by atoms with Gasteiger partial charge in [0.1, 0.15) is 5.82 Å². The Morgan fingerprint density at radius 3 is 2.27 bits per heavy atom. The van der Waals surface area contributed by atoms with Crippen LogP contribution in [0.3, 0.4) is 0 Å². The third-order valence-corrected chi connectivity index (χ3v) is 5.51. The first kappa shape index (κ1) is 19.6. The van der Waals surface area contributed by atoms with Crippen LogP contribution in [0.2, 0.25) is 0 Å². The van der Waals surface area contributed by atoms with Crippen LogP contribution in [0, 0.1) is 6.92 Å². The monoisotopic (exact) mass is 374 g/mol. The van der Waals surface area contributed by atoms with Crippen molar-refractivity contribution in [2.45, 2.75) is 11.8 Å². The molecule has 0 aliphatic heterocycles. The summed E-state index contributed by atoms with van der Waals surface area (Å²) in [7, 11) is -1.96. The number of carbonyl (C=O) groups excluding carboxylic acids is 1. The Morgan fingerprint density at radius 2 is 1.81 bits per heavy atom. The molecule has 1 heterocycles. The summed E-state index contributed by atoms with van der Waals surface area (Å²) in [5.41, 5.74) is 1.13. The van der Waals surface area contributed by atoms with E-state index in [9.17, 15) is 13.2 Å². The first-order chi connectivity index (χ1) is 12.3. The van der Waals surface area contributed by atoms with Gasteiger partial charge in [0, 0.05) is 31.8 Å². The summed E-state index contributed by atoms with van der Waals surface area (Å²) in [6, 6.07) is 7.53. The number of hydrogen-bond acceptors (Lipinski definition) is 4. The lowest BCUT2D eigenvalue weighted by Gasteiger charge is -2.19. The fourth-order valence-electron chi connectivity index (χ4n) is 2.40. The van der Waals surface area contributed by atoms with Crippen molar-refractivity contribution < 1.29 is 13.2 Å². The summed E-state index contributed by atoms with van der Waals surface area (Å²) in [5, 5.41) is 6.90. The zero-order valence-electron chi connectivity index (χ0n) is 14.8. The molecule has 138 valence electrons. The molecule has 0 saturated heterocycles. The molecule has 0 radical (unpaired) electrons. The van der Waals surface area contributed by atoms with Crippen molar-refractivity contribution in [2.24, 2.45) is 7.05 Å². The molecule has 26 heavy (non-hydrogen) atoms. The van der Waals surface area contributed by atoms with Crippen LogP contribution in [0.25, 0.3) is 0 Å². The van der Waals surface area contributed by atoms with Crippen LogP contribution >= 0.6 is 0 Å². The van der Waals surface area contributed by atoms with Crippen LogP contribution in [-0.2, 0) is 17.1 Å². The Bertz CT molecular complexity index is 904. The second kappa shape index (κ2) is 8.11. The predicted molar refractivity (Wildman–Crippen MR) is 101 cm³/mol. The second-order valence-electron chi connectivity index (χ2n) is 5.67. The largest absolute Gasteiger partial charge is 0.307 e. The van der Waals surface area contributed by atoms with Crippen LogP contribution in [0.5, 0.6) is 0 Å². The lowest BCUT2D eigenvalue weighted by Crippen LogP contribution is -2.31. The van der Waals surface area contributed by atoms with Gasteiger partial charge in [-0.05, 0) is 31.2 Å². The van der Waals surface area contributed by atoms with Gasteiger partial charge in [0.2, 0.25) is 10.0 Å². The van der Waals surface area contributed by atoms with E-state index in [0.717, 1.165) is 5.69 Å². The first-order valence-corrected chi connectivity index (χ1v) is 9.37. The second-order valence-corrected chi connectivity index (χ2v) is 7.61. The molecule has 0 fully saturated rings. The highest BCUT2D eigenvalue weighted by Crippen LogP contribution is 2.17. The number of nitrogens with zero attached hydrogens (tertiary/aromatic N) is 3. The molecule has 0 aliphatic rings. The van der Waals surface area contributed by atoms with E-state index in [4.69, 9.17) is 0 Å². The number of benzene rings is 1. The number of rotatable bonds is 8. The number of aryl methyl sites for hydroxylation is 2. The van der Waals surface area contributed by atoms with Crippen molar-refractivity contribution in [1.29, 1.82) is 0 Å². The standard InChI is InChI=1S/C18H22N4O3S/c1-5-11-22(12-6-2)26(24,25)16-9-7-15(8-10-16)18(23)19-17-13-14(3)20-21(17)4/h5-10,13H,1-2,11-12H2,3-4H3,(H,19,23). The Kier molecular flexibility index (Phi) is 6.12. The van der Waals surface area contributed by atoms with Crippen LogP contribution < -0.4 is 5.32 Å². The Balaban J connectivity index is 2.21. The quantitative estimate of drug-likeness (QED) is 0.719. The fraction of sp³-hybridized carbons (Fsp3) is 0.222. The van der Waals surface area contributed by atoms with Gasteiger partial charge in [-0.1, -0.05) is 12.2 Å². The maximum absolute atomic E-state index is 12.7. The fourth-order valence-corrected chi connectivity index (χ4v) is 3.78. The molecule has 0 saturated carbocycles. The molecule has 1 N–H and O–H groups in total. The first-order valence-electron chi connectivity index (χ1n) is 7.93. The third kappa shape index (κ3) is 4.27. The van der Waals surface area contributed by atoms with E-state index in [-0.39, 0.29) is 23.9 Å². The molecule has 1 aromatic carbocycles. The van der Waals surface area contributed by atoms with Crippen molar-refractivity contribution in [3.05, 3.63) is 66.9 Å². The normalized spacial score (nSPS) is 11.3. The van der Waals surface area contributed by atoms with E-state index in [1.807, 2.05) is 6.92 Å². The van der Waals surface area contributed by atoms with Crippen LogP contribution in [0.15, 0.2) is 60.5 Å². The van der Waals surface area contributed by atoms with Gasteiger partial charge < -0.3 is 5.32 Å². The molecule has 0 unspecified atom stereocenters. The molecule has 2 rings (SSSR count). The van der Waals surface area contributed by atoms with Gasteiger partial charge in [-0.3, -0.25) is 9.48 Å². The summed E-state index contributed by atoms with van der Waals surface area (Å²) >= 11 is 0. The number of aromatic nitrogens is 2.